The Balaban J connectivity index is 1.55. The van der Waals surface area contributed by atoms with Crippen LogP contribution < -0.4 is 11.1 Å². The number of hydrogen-bond acceptors (Lipinski definition) is 9. The van der Waals surface area contributed by atoms with Crippen molar-refractivity contribution in [3.8, 4) is 10.4 Å². The Bertz CT molecular complexity index is 1160. The number of nitrogens with two attached hydrogens (primary N) is 1. The first-order valence-electron chi connectivity index (χ1n) is 8.38. The third kappa shape index (κ3) is 3.47. The molecule has 0 saturated carbocycles. The molecule has 0 fully saturated rings. The molecule has 1 aromatic carbocycles. The molecule has 0 amide bonds. The Kier molecular flexibility index (Phi) is 4.81. The summed E-state index contributed by atoms with van der Waals surface area (Å²) in [6.45, 7) is 0.506. The Morgan fingerprint density at radius 2 is 2.00 bits per heavy atom. The van der Waals surface area contributed by atoms with Crippen molar-refractivity contribution in [1.29, 1.82) is 0 Å². The summed E-state index contributed by atoms with van der Waals surface area (Å²) in [5, 5.41) is 3.97. The minimum Gasteiger partial charge on any atom is -0.464 e. The molecule has 3 heterocycles. The van der Waals surface area contributed by atoms with Crippen molar-refractivity contribution in [3.05, 3.63) is 59.6 Å². The molecule has 9 heteroatoms. The van der Waals surface area contributed by atoms with Crippen molar-refractivity contribution < 1.29 is 9.53 Å². The van der Waals surface area contributed by atoms with E-state index in [4.69, 9.17) is 10.5 Å². The van der Waals surface area contributed by atoms with E-state index in [1.54, 1.807) is 11.3 Å². The van der Waals surface area contributed by atoms with E-state index in [2.05, 4.69) is 25.3 Å². The maximum absolute atomic E-state index is 11.8. The van der Waals surface area contributed by atoms with Crippen LogP contribution in [0.1, 0.15) is 15.4 Å². The molecule has 0 radical (unpaired) electrons. The molecule has 8 nitrogen and oxygen atoms in total. The molecule has 0 atom stereocenters. The van der Waals surface area contributed by atoms with Crippen LogP contribution in [0.15, 0.2) is 49.1 Å². The quantitative estimate of drug-likeness (QED) is 0.498. The van der Waals surface area contributed by atoms with Crippen molar-refractivity contribution in [2.45, 2.75) is 6.54 Å². The molecule has 0 spiro atoms. The number of fused-ring (bicyclic) bond motifs is 1. The Labute approximate surface area is 164 Å². The Morgan fingerprint density at radius 3 is 2.86 bits per heavy atom. The standard InChI is InChI=1S/C19H16N6O2S/c1-27-19(26)16-18(22-7-6-21-16)23-9-12-3-5-15(28-12)11-2-4-14-13(8-11)17(20)25-10-24-14/h2-8,10H,9H2,1H3,(H,22,23)(H2,20,24,25). The van der Waals surface area contributed by atoms with Gasteiger partial charge in [-0.3, -0.25) is 0 Å². The first-order valence-corrected chi connectivity index (χ1v) is 9.20. The number of methoxy groups -OCH3 is 1. The number of esters is 1. The molecule has 4 rings (SSSR count). The van der Waals surface area contributed by atoms with E-state index < -0.39 is 5.97 Å². The molecule has 3 aromatic heterocycles. The third-order valence-corrected chi connectivity index (χ3v) is 5.25. The Hall–Kier alpha value is -3.59. The van der Waals surface area contributed by atoms with Gasteiger partial charge in [0.15, 0.2) is 11.5 Å². The monoisotopic (exact) mass is 392 g/mol. The highest BCUT2D eigenvalue weighted by molar-refractivity contribution is 7.15. The minimum atomic E-state index is -0.529. The van der Waals surface area contributed by atoms with Gasteiger partial charge in [-0.25, -0.2) is 24.7 Å². The van der Waals surface area contributed by atoms with Crippen LogP contribution in [-0.4, -0.2) is 33.0 Å². The fourth-order valence-corrected chi connectivity index (χ4v) is 3.69. The third-order valence-electron chi connectivity index (χ3n) is 4.12. The van der Waals surface area contributed by atoms with Gasteiger partial charge in [-0.2, -0.15) is 0 Å². The molecule has 0 aliphatic carbocycles. The molecule has 0 aliphatic heterocycles. The fraction of sp³-hybridized carbons (Fsp3) is 0.105. The predicted octanol–water partition coefficient (Wildman–Crippen LogP) is 3.13. The number of aromatic nitrogens is 4. The van der Waals surface area contributed by atoms with Crippen molar-refractivity contribution in [2.24, 2.45) is 0 Å². The highest BCUT2D eigenvalue weighted by Crippen LogP contribution is 2.31. The van der Waals surface area contributed by atoms with E-state index in [9.17, 15) is 4.79 Å². The highest BCUT2D eigenvalue weighted by Gasteiger charge is 2.14. The topological polar surface area (TPSA) is 116 Å². The van der Waals surface area contributed by atoms with Gasteiger partial charge in [0.1, 0.15) is 12.1 Å². The molecular weight excluding hydrogens is 376 g/mol. The second kappa shape index (κ2) is 7.57. The number of carbonyl (C=O) groups is 1. The number of hydrogen-bond donors (Lipinski definition) is 2. The molecule has 3 N–H and O–H groups in total. The van der Waals surface area contributed by atoms with E-state index in [0.717, 1.165) is 26.2 Å². The first-order chi connectivity index (χ1) is 13.7. The Morgan fingerprint density at radius 1 is 1.14 bits per heavy atom. The zero-order chi connectivity index (χ0) is 19.5. The van der Waals surface area contributed by atoms with Crippen LogP contribution in [0.4, 0.5) is 11.6 Å². The lowest BCUT2D eigenvalue weighted by atomic mass is 10.1. The van der Waals surface area contributed by atoms with E-state index in [-0.39, 0.29) is 5.69 Å². The van der Waals surface area contributed by atoms with Crippen LogP contribution in [0.2, 0.25) is 0 Å². The average Bonchev–Trinajstić information content (AvgIpc) is 3.21. The van der Waals surface area contributed by atoms with Gasteiger partial charge in [-0.1, -0.05) is 6.07 Å². The lowest BCUT2D eigenvalue weighted by Gasteiger charge is -2.07. The van der Waals surface area contributed by atoms with Gasteiger partial charge in [0.25, 0.3) is 0 Å². The van der Waals surface area contributed by atoms with Crippen LogP contribution in [0, 0.1) is 0 Å². The summed E-state index contributed by atoms with van der Waals surface area (Å²) in [6, 6.07) is 10.0. The lowest BCUT2D eigenvalue weighted by molar-refractivity contribution is 0.0594. The van der Waals surface area contributed by atoms with Gasteiger partial charge in [0, 0.05) is 27.5 Å². The molecule has 140 valence electrons. The summed E-state index contributed by atoms with van der Waals surface area (Å²) in [5.41, 5.74) is 7.98. The highest BCUT2D eigenvalue weighted by atomic mass is 32.1. The molecule has 0 aliphatic rings. The maximum atomic E-state index is 11.8. The number of nitrogens with one attached hydrogen (secondary N) is 1. The van der Waals surface area contributed by atoms with E-state index in [1.807, 2.05) is 30.3 Å². The van der Waals surface area contributed by atoms with Crippen molar-refractivity contribution in [2.75, 3.05) is 18.2 Å². The summed E-state index contributed by atoms with van der Waals surface area (Å²) >= 11 is 1.63. The van der Waals surface area contributed by atoms with Gasteiger partial charge in [0.05, 0.1) is 19.2 Å². The lowest BCUT2D eigenvalue weighted by Crippen LogP contribution is -2.11. The summed E-state index contributed by atoms with van der Waals surface area (Å²) in [5.74, 6) is 0.321. The van der Waals surface area contributed by atoms with Gasteiger partial charge < -0.3 is 15.8 Å². The summed E-state index contributed by atoms with van der Waals surface area (Å²) in [7, 11) is 1.31. The summed E-state index contributed by atoms with van der Waals surface area (Å²) in [4.78, 5) is 30.4. The fourth-order valence-electron chi connectivity index (χ4n) is 2.74. The van der Waals surface area contributed by atoms with Crippen LogP contribution in [-0.2, 0) is 11.3 Å². The molecule has 0 saturated heterocycles. The van der Waals surface area contributed by atoms with Crippen LogP contribution in [0.5, 0.6) is 0 Å². The van der Waals surface area contributed by atoms with Gasteiger partial charge in [-0.05, 0) is 29.8 Å². The second-order valence-corrected chi connectivity index (χ2v) is 7.02. The zero-order valence-electron chi connectivity index (χ0n) is 14.9. The molecule has 4 aromatic rings. The van der Waals surface area contributed by atoms with Crippen molar-refractivity contribution >= 4 is 39.8 Å². The van der Waals surface area contributed by atoms with Crippen LogP contribution in [0.25, 0.3) is 21.3 Å². The van der Waals surface area contributed by atoms with Gasteiger partial charge in [0.2, 0.25) is 0 Å². The molecule has 0 unspecified atom stereocenters. The smallest absolute Gasteiger partial charge is 0.360 e. The van der Waals surface area contributed by atoms with E-state index in [1.165, 1.54) is 25.8 Å². The number of thiophene rings is 1. The second-order valence-electron chi connectivity index (χ2n) is 5.86. The van der Waals surface area contributed by atoms with Crippen molar-refractivity contribution in [1.82, 2.24) is 19.9 Å². The summed E-state index contributed by atoms with van der Waals surface area (Å²) < 4.78 is 4.74. The molecular formula is C19H16N6O2S. The summed E-state index contributed by atoms with van der Waals surface area (Å²) in [6.07, 6.45) is 4.44. The zero-order valence-corrected chi connectivity index (χ0v) is 15.7. The van der Waals surface area contributed by atoms with Gasteiger partial charge >= 0.3 is 5.97 Å². The van der Waals surface area contributed by atoms with Crippen molar-refractivity contribution in [3.63, 3.8) is 0 Å². The number of nitrogen functional groups attached to an aromatic ring is 1. The first kappa shape index (κ1) is 17.8. The van der Waals surface area contributed by atoms with Crippen LogP contribution >= 0.6 is 11.3 Å². The number of ether oxygens (including phenoxy) is 1. The predicted molar refractivity (Wildman–Crippen MR) is 108 cm³/mol. The van der Waals surface area contributed by atoms with E-state index in [0.29, 0.717) is 18.2 Å². The van der Waals surface area contributed by atoms with Crippen LogP contribution in [0.3, 0.4) is 0 Å². The normalized spacial score (nSPS) is 10.8. The maximum Gasteiger partial charge on any atom is 0.360 e. The SMILES string of the molecule is COC(=O)c1nccnc1NCc1ccc(-c2ccc3ncnc(N)c3c2)s1. The number of nitrogens with zero attached hydrogens (tertiary/aromatic N) is 4. The van der Waals surface area contributed by atoms with Gasteiger partial charge in [-0.15, -0.1) is 11.3 Å². The number of benzene rings is 1. The molecule has 28 heavy (non-hydrogen) atoms. The van der Waals surface area contributed by atoms with E-state index >= 15 is 0 Å². The largest absolute Gasteiger partial charge is 0.464 e. The average molecular weight is 392 g/mol. The minimum absolute atomic E-state index is 0.159. The number of rotatable bonds is 5. The molecule has 0 bridgehead atoms. The number of anilines is 2. The number of carbonyl (C=O) groups excluding carboxylic acids is 1.